The van der Waals surface area contributed by atoms with E-state index in [1.807, 2.05) is 17.9 Å². The average molecular weight is 257 g/mol. The molecule has 0 aliphatic carbocycles. The van der Waals surface area contributed by atoms with E-state index in [0.717, 1.165) is 6.54 Å². The van der Waals surface area contributed by atoms with Gasteiger partial charge in [0, 0.05) is 25.8 Å². The van der Waals surface area contributed by atoms with Gasteiger partial charge in [0.2, 0.25) is 0 Å². The van der Waals surface area contributed by atoms with Crippen LogP contribution in [0.2, 0.25) is 0 Å². The summed E-state index contributed by atoms with van der Waals surface area (Å²) < 4.78 is 1.91. The molecule has 0 spiro atoms. The summed E-state index contributed by atoms with van der Waals surface area (Å²) in [5, 5.41) is 7.77. The molecule has 1 aromatic heterocycles. The van der Waals surface area contributed by atoms with Gasteiger partial charge in [-0.15, -0.1) is 0 Å². The SMILES string of the molecule is Cc1cc(C)c(C(C)NCc2ccnn2C)c(C)c1. The van der Waals surface area contributed by atoms with Crippen molar-refractivity contribution in [2.75, 3.05) is 0 Å². The molecule has 3 nitrogen and oxygen atoms in total. The number of nitrogens with one attached hydrogen (secondary N) is 1. The summed E-state index contributed by atoms with van der Waals surface area (Å²) in [6, 6.07) is 6.90. The van der Waals surface area contributed by atoms with Gasteiger partial charge in [0.25, 0.3) is 0 Å². The molecule has 2 rings (SSSR count). The molecule has 0 saturated carbocycles. The summed E-state index contributed by atoms with van der Waals surface area (Å²) in [7, 11) is 1.98. The summed E-state index contributed by atoms with van der Waals surface area (Å²) >= 11 is 0. The van der Waals surface area contributed by atoms with E-state index in [0.29, 0.717) is 6.04 Å². The Labute approximate surface area is 115 Å². The van der Waals surface area contributed by atoms with Gasteiger partial charge in [-0.1, -0.05) is 17.7 Å². The largest absolute Gasteiger partial charge is 0.305 e. The fraction of sp³-hybridized carbons (Fsp3) is 0.438. The Hall–Kier alpha value is -1.61. The van der Waals surface area contributed by atoms with Crippen LogP contribution in [0.5, 0.6) is 0 Å². The number of aromatic nitrogens is 2. The van der Waals surface area contributed by atoms with E-state index in [4.69, 9.17) is 0 Å². The van der Waals surface area contributed by atoms with Crippen molar-refractivity contribution in [2.45, 2.75) is 40.3 Å². The fourth-order valence-corrected chi connectivity index (χ4v) is 2.81. The van der Waals surface area contributed by atoms with Gasteiger partial charge in [0.1, 0.15) is 0 Å². The molecule has 2 aromatic rings. The molecule has 1 N–H and O–H groups in total. The van der Waals surface area contributed by atoms with Crippen LogP contribution in [0, 0.1) is 20.8 Å². The van der Waals surface area contributed by atoms with Crippen LogP contribution in [0.25, 0.3) is 0 Å². The number of benzene rings is 1. The van der Waals surface area contributed by atoms with Crippen molar-refractivity contribution in [3.63, 3.8) is 0 Å². The maximum atomic E-state index is 4.19. The molecule has 0 aliphatic rings. The Morgan fingerprint density at radius 2 is 1.84 bits per heavy atom. The zero-order chi connectivity index (χ0) is 14.0. The molecular weight excluding hydrogens is 234 g/mol. The van der Waals surface area contributed by atoms with Gasteiger partial charge in [0.05, 0.1) is 5.69 Å². The summed E-state index contributed by atoms with van der Waals surface area (Å²) in [5.74, 6) is 0. The van der Waals surface area contributed by atoms with E-state index < -0.39 is 0 Å². The van der Waals surface area contributed by atoms with E-state index in [2.05, 4.69) is 56.3 Å². The van der Waals surface area contributed by atoms with E-state index in [9.17, 15) is 0 Å². The first kappa shape index (κ1) is 13.8. The Morgan fingerprint density at radius 1 is 1.21 bits per heavy atom. The van der Waals surface area contributed by atoms with Crippen LogP contribution in [-0.4, -0.2) is 9.78 Å². The molecular formula is C16H23N3. The highest BCUT2D eigenvalue weighted by molar-refractivity contribution is 5.39. The lowest BCUT2D eigenvalue weighted by Crippen LogP contribution is -2.21. The Balaban J connectivity index is 2.12. The van der Waals surface area contributed by atoms with Crippen molar-refractivity contribution in [2.24, 2.45) is 7.05 Å². The third kappa shape index (κ3) is 3.04. The number of hydrogen-bond acceptors (Lipinski definition) is 2. The van der Waals surface area contributed by atoms with Crippen molar-refractivity contribution in [3.05, 3.63) is 52.3 Å². The highest BCUT2D eigenvalue weighted by Crippen LogP contribution is 2.23. The topological polar surface area (TPSA) is 29.9 Å². The Kier molecular flexibility index (Phi) is 4.05. The Morgan fingerprint density at radius 3 is 2.37 bits per heavy atom. The molecule has 1 unspecified atom stereocenters. The highest BCUT2D eigenvalue weighted by Gasteiger charge is 2.12. The van der Waals surface area contributed by atoms with E-state index in [1.165, 1.54) is 27.9 Å². The second-order valence-electron chi connectivity index (χ2n) is 5.36. The first-order chi connectivity index (χ1) is 8.99. The number of nitrogens with zero attached hydrogens (tertiary/aromatic N) is 2. The summed E-state index contributed by atoms with van der Waals surface area (Å²) in [6.07, 6.45) is 1.84. The second kappa shape index (κ2) is 5.57. The number of aryl methyl sites for hydroxylation is 4. The van der Waals surface area contributed by atoms with Crippen LogP contribution in [0.1, 0.15) is 40.9 Å². The van der Waals surface area contributed by atoms with Gasteiger partial charge in [-0.2, -0.15) is 5.10 Å². The highest BCUT2D eigenvalue weighted by atomic mass is 15.3. The minimum absolute atomic E-state index is 0.343. The van der Waals surface area contributed by atoms with Crippen molar-refractivity contribution >= 4 is 0 Å². The molecule has 102 valence electrons. The normalized spacial score (nSPS) is 12.7. The van der Waals surface area contributed by atoms with Crippen LogP contribution >= 0.6 is 0 Å². The van der Waals surface area contributed by atoms with Crippen LogP contribution in [0.3, 0.4) is 0 Å². The van der Waals surface area contributed by atoms with Gasteiger partial charge < -0.3 is 5.32 Å². The molecule has 3 heteroatoms. The molecule has 0 fully saturated rings. The van der Waals surface area contributed by atoms with E-state index in [-0.39, 0.29) is 0 Å². The lowest BCUT2D eigenvalue weighted by atomic mass is 9.95. The first-order valence-electron chi connectivity index (χ1n) is 6.77. The van der Waals surface area contributed by atoms with Crippen molar-refractivity contribution < 1.29 is 0 Å². The number of hydrogen-bond donors (Lipinski definition) is 1. The quantitative estimate of drug-likeness (QED) is 0.911. The van der Waals surface area contributed by atoms with E-state index in [1.54, 1.807) is 0 Å². The summed E-state index contributed by atoms with van der Waals surface area (Å²) in [6.45, 7) is 9.60. The van der Waals surface area contributed by atoms with Crippen LogP contribution in [-0.2, 0) is 13.6 Å². The smallest absolute Gasteiger partial charge is 0.0518 e. The molecule has 0 bridgehead atoms. The maximum Gasteiger partial charge on any atom is 0.0518 e. The van der Waals surface area contributed by atoms with Gasteiger partial charge in [-0.05, 0) is 50.5 Å². The monoisotopic (exact) mass is 257 g/mol. The van der Waals surface area contributed by atoms with Crippen LogP contribution < -0.4 is 5.32 Å². The molecule has 19 heavy (non-hydrogen) atoms. The third-order valence-corrected chi connectivity index (χ3v) is 3.68. The average Bonchev–Trinajstić information content (AvgIpc) is 2.70. The summed E-state index contributed by atoms with van der Waals surface area (Å²) in [4.78, 5) is 0. The molecule has 0 amide bonds. The van der Waals surface area contributed by atoms with Crippen LogP contribution in [0.15, 0.2) is 24.4 Å². The zero-order valence-corrected chi connectivity index (χ0v) is 12.5. The number of rotatable bonds is 4. The van der Waals surface area contributed by atoms with Gasteiger partial charge in [0.15, 0.2) is 0 Å². The molecule has 1 heterocycles. The van der Waals surface area contributed by atoms with Crippen molar-refractivity contribution in [3.8, 4) is 0 Å². The van der Waals surface area contributed by atoms with Gasteiger partial charge in [-0.25, -0.2) is 0 Å². The first-order valence-corrected chi connectivity index (χ1v) is 6.77. The Bertz CT molecular complexity index is 546. The molecule has 0 radical (unpaired) electrons. The second-order valence-corrected chi connectivity index (χ2v) is 5.36. The van der Waals surface area contributed by atoms with Crippen LogP contribution in [0.4, 0.5) is 0 Å². The lowest BCUT2D eigenvalue weighted by Gasteiger charge is -2.20. The van der Waals surface area contributed by atoms with Crippen molar-refractivity contribution in [1.82, 2.24) is 15.1 Å². The minimum Gasteiger partial charge on any atom is -0.305 e. The standard InChI is InChI=1S/C16H23N3/c1-11-8-12(2)16(13(3)9-11)14(4)17-10-15-6-7-18-19(15)5/h6-9,14,17H,10H2,1-5H3. The van der Waals surface area contributed by atoms with Gasteiger partial charge in [-0.3, -0.25) is 4.68 Å². The fourth-order valence-electron chi connectivity index (χ4n) is 2.81. The minimum atomic E-state index is 0.343. The predicted molar refractivity (Wildman–Crippen MR) is 79.1 cm³/mol. The lowest BCUT2D eigenvalue weighted by molar-refractivity contribution is 0.544. The van der Waals surface area contributed by atoms with E-state index >= 15 is 0 Å². The zero-order valence-electron chi connectivity index (χ0n) is 12.5. The maximum absolute atomic E-state index is 4.19. The predicted octanol–water partition coefficient (Wildman–Crippen LogP) is 3.20. The molecule has 0 saturated heterocycles. The molecule has 0 aliphatic heterocycles. The summed E-state index contributed by atoms with van der Waals surface area (Å²) in [5.41, 5.74) is 6.67. The van der Waals surface area contributed by atoms with Gasteiger partial charge >= 0.3 is 0 Å². The molecule has 1 aromatic carbocycles. The third-order valence-electron chi connectivity index (χ3n) is 3.68. The molecule has 1 atom stereocenters. The van der Waals surface area contributed by atoms with Crippen molar-refractivity contribution in [1.29, 1.82) is 0 Å².